The maximum atomic E-state index is 5.61. The van der Waals surface area contributed by atoms with E-state index in [1.165, 1.54) is 5.56 Å². The highest BCUT2D eigenvalue weighted by Gasteiger charge is 2.19. The first-order valence-corrected chi connectivity index (χ1v) is 8.02. The van der Waals surface area contributed by atoms with Crippen LogP contribution in [0.2, 0.25) is 0 Å². The summed E-state index contributed by atoms with van der Waals surface area (Å²) in [6.07, 6.45) is 5.39. The Hall–Kier alpha value is -1.72. The van der Waals surface area contributed by atoms with Crippen molar-refractivity contribution < 1.29 is 4.74 Å². The van der Waals surface area contributed by atoms with Gasteiger partial charge in [0, 0.05) is 25.6 Å². The molecule has 0 aliphatic carbocycles. The van der Waals surface area contributed by atoms with Crippen molar-refractivity contribution in [1.29, 1.82) is 0 Å². The molecule has 1 aromatic carbocycles. The van der Waals surface area contributed by atoms with Crippen molar-refractivity contribution in [3.8, 4) is 0 Å². The number of piperidine rings is 1. The molecule has 0 bridgehead atoms. The van der Waals surface area contributed by atoms with Crippen LogP contribution in [0.3, 0.4) is 0 Å². The lowest BCUT2D eigenvalue weighted by molar-refractivity contribution is 0.0843. The maximum Gasteiger partial charge on any atom is 0.0858 e. The second-order valence-corrected chi connectivity index (χ2v) is 5.94. The fraction of sp³-hybridized carbons (Fsp3) is 0.529. The number of methoxy groups -OCH3 is 1. The van der Waals surface area contributed by atoms with Crippen molar-refractivity contribution in [1.82, 2.24) is 20.3 Å². The van der Waals surface area contributed by atoms with Crippen molar-refractivity contribution in [2.45, 2.75) is 37.8 Å². The molecule has 0 amide bonds. The first-order chi connectivity index (χ1) is 10.8. The highest BCUT2D eigenvalue weighted by Crippen LogP contribution is 2.22. The van der Waals surface area contributed by atoms with E-state index in [9.17, 15) is 0 Å². The van der Waals surface area contributed by atoms with Crippen LogP contribution >= 0.6 is 0 Å². The number of benzene rings is 1. The third-order valence-electron chi connectivity index (χ3n) is 4.34. The molecule has 5 nitrogen and oxygen atoms in total. The van der Waals surface area contributed by atoms with Crippen molar-refractivity contribution in [2.75, 3.05) is 20.2 Å². The number of nitrogens with one attached hydrogen (secondary N) is 1. The van der Waals surface area contributed by atoms with E-state index in [1.54, 1.807) is 7.11 Å². The summed E-state index contributed by atoms with van der Waals surface area (Å²) in [5.41, 5.74) is 2.41. The minimum absolute atomic E-state index is 0.116. The second kappa shape index (κ2) is 7.51. The molecule has 3 rings (SSSR count). The molecule has 0 spiro atoms. The van der Waals surface area contributed by atoms with Gasteiger partial charge in [0.15, 0.2) is 0 Å². The molecule has 0 radical (unpaired) electrons. The molecule has 1 aliphatic heterocycles. The highest BCUT2D eigenvalue weighted by molar-refractivity contribution is 5.15. The van der Waals surface area contributed by atoms with Crippen LogP contribution < -0.4 is 5.32 Å². The second-order valence-electron chi connectivity index (χ2n) is 5.94. The Balaban J connectivity index is 1.60. The van der Waals surface area contributed by atoms with E-state index in [1.807, 2.05) is 10.7 Å². The van der Waals surface area contributed by atoms with E-state index >= 15 is 0 Å². The van der Waals surface area contributed by atoms with Gasteiger partial charge in [-0.25, -0.2) is 4.68 Å². The first kappa shape index (κ1) is 15.2. The molecule has 0 saturated carbocycles. The Bertz CT molecular complexity index is 563. The molecule has 22 heavy (non-hydrogen) atoms. The third kappa shape index (κ3) is 3.93. The molecule has 1 fully saturated rings. The SMILES string of the molecule is COC(Cc1ccccc1)Cn1cc(C2CCNCC2)nn1. The van der Waals surface area contributed by atoms with Crippen molar-refractivity contribution in [3.05, 3.63) is 47.8 Å². The Morgan fingerprint density at radius 2 is 2.05 bits per heavy atom. The van der Waals surface area contributed by atoms with Gasteiger partial charge in [-0.1, -0.05) is 35.5 Å². The molecule has 5 heteroatoms. The van der Waals surface area contributed by atoms with Crippen LogP contribution in [0.15, 0.2) is 36.5 Å². The number of aromatic nitrogens is 3. The Morgan fingerprint density at radius 1 is 1.27 bits per heavy atom. The Kier molecular flexibility index (Phi) is 5.19. The van der Waals surface area contributed by atoms with Crippen LogP contribution in [0.4, 0.5) is 0 Å². The van der Waals surface area contributed by atoms with Gasteiger partial charge < -0.3 is 10.1 Å². The van der Waals surface area contributed by atoms with Crippen molar-refractivity contribution in [2.24, 2.45) is 0 Å². The first-order valence-electron chi connectivity index (χ1n) is 8.02. The van der Waals surface area contributed by atoms with Gasteiger partial charge in [0.2, 0.25) is 0 Å². The van der Waals surface area contributed by atoms with Crippen LogP contribution in [-0.4, -0.2) is 41.3 Å². The summed E-state index contributed by atoms with van der Waals surface area (Å²) in [4.78, 5) is 0. The van der Waals surface area contributed by atoms with Gasteiger partial charge >= 0.3 is 0 Å². The minimum atomic E-state index is 0.116. The van der Waals surface area contributed by atoms with Crippen LogP contribution in [0.25, 0.3) is 0 Å². The van der Waals surface area contributed by atoms with Gasteiger partial charge in [0.1, 0.15) is 0 Å². The summed E-state index contributed by atoms with van der Waals surface area (Å²) in [5.74, 6) is 0.546. The lowest BCUT2D eigenvalue weighted by atomic mass is 9.95. The predicted octanol–water partition coefficient (Wildman–Crippen LogP) is 2.00. The largest absolute Gasteiger partial charge is 0.379 e. The van der Waals surface area contributed by atoms with Gasteiger partial charge in [-0.15, -0.1) is 5.10 Å². The number of ether oxygens (including phenoxy) is 1. The van der Waals surface area contributed by atoms with E-state index in [4.69, 9.17) is 4.74 Å². The van der Waals surface area contributed by atoms with Gasteiger partial charge in [-0.05, 0) is 31.5 Å². The van der Waals surface area contributed by atoms with Crippen LogP contribution in [0.5, 0.6) is 0 Å². The number of hydrogen-bond acceptors (Lipinski definition) is 4. The molecule has 1 aliphatic rings. The quantitative estimate of drug-likeness (QED) is 0.886. The average molecular weight is 300 g/mol. The van der Waals surface area contributed by atoms with Crippen molar-refractivity contribution >= 4 is 0 Å². The highest BCUT2D eigenvalue weighted by atomic mass is 16.5. The molecular formula is C17H24N4O. The zero-order valence-corrected chi connectivity index (χ0v) is 13.1. The van der Waals surface area contributed by atoms with E-state index in [-0.39, 0.29) is 6.10 Å². The van der Waals surface area contributed by atoms with E-state index in [2.05, 4.69) is 46.1 Å². The number of rotatable bonds is 6. The fourth-order valence-electron chi connectivity index (χ4n) is 3.02. The van der Waals surface area contributed by atoms with Crippen LogP contribution in [0, 0.1) is 0 Å². The van der Waals surface area contributed by atoms with Gasteiger partial charge in [0.25, 0.3) is 0 Å². The van der Waals surface area contributed by atoms with Crippen LogP contribution in [0.1, 0.15) is 30.0 Å². The predicted molar refractivity (Wildman–Crippen MR) is 85.8 cm³/mol. The molecule has 1 saturated heterocycles. The Labute approximate surface area is 131 Å². The summed E-state index contributed by atoms with van der Waals surface area (Å²) >= 11 is 0. The van der Waals surface area contributed by atoms with E-state index in [0.717, 1.165) is 44.6 Å². The van der Waals surface area contributed by atoms with Crippen molar-refractivity contribution in [3.63, 3.8) is 0 Å². The lowest BCUT2D eigenvalue weighted by Gasteiger charge is -2.20. The Morgan fingerprint density at radius 3 is 2.77 bits per heavy atom. The molecular weight excluding hydrogens is 276 g/mol. The molecule has 1 aromatic heterocycles. The smallest absolute Gasteiger partial charge is 0.0858 e. The van der Waals surface area contributed by atoms with Gasteiger partial charge in [-0.3, -0.25) is 0 Å². The number of nitrogens with zero attached hydrogens (tertiary/aromatic N) is 3. The van der Waals surface area contributed by atoms with Crippen LogP contribution in [-0.2, 0) is 17.7 Å². The molecule has 1 unspecified atom stereocenters. The van der Waals surface area contributed by atoms with Gasteiger partial charge in [-0.2, -0.15) is 0 Å². The summed E-state index contributed by atoms with van der Waals surface area (Å²) in [7, 11) is 1.76. The zero-order chi connectivity index (χ0) is 15.2. The molecule has 1 atom stereocenters. The molecule has 2 aromatic rings. The minimum Gasteiger partial charge on any atom is -0.379 e. The molecule has 2 heterocycles. The summed E-state index contributed by atoms with van der Waals surface area (Å²) < 4.78 is 7.54. The lowest BCUT2D eigenvalue weighted by Crippen LogP contribution is -2.26. The molecule has 118 valence electrons. The summed E-state index contributed by atoms with van der Waals surface area (Å²) in [6.45, 7) is 2.89. The fourth-order valence-corrected chi connectivity index (χ4v) is 3.02. The topological polar surface area (TPSA) is 52.0 Å². The molecule has 1 N–H and O–H groups in total. The van der Waals surface area contributed by atoms with Gasteiger partial charge in [0.05, 0.1) is 18.3 Å². The van der Waals surface area contributed by atoms with E-state index < -0.39 is 0 Å². The third-order valence-corrected chi connectivity index (χ3v) is 4.34. The number of hydrogen-bond donors (Lipinski definition) is 1. The summed E-state index contributed by atoms with van der Waals surface area (Å²) in [5, 5.41) is 12.0. The zero-order valence-electron chi connectivity index (χ0n) is 13.1. The average Bonchev–Trinajstić information content (AvgIpc) is 3.04. The standard InChI is InChI=1S/C17H24N4O/c1-22-16(11-14-5-3-2-4-6-14)12-21-13-17(19-20-21)15-7-9-18-10-8-15/h2-6,13,15-16,18H,7-12H2,1H3. The summed E-state index contributed by atoms with van der Waals surface area (Å²) in [6, 6.07) is 10.4. The maximum absolute atomic E-state index is 5.61. The monoisotopic (exact) mass is 300 g/mol. The normalized spacial score (nSPS) is 17.5. The van der Waals surface area contributed by atoms with E-state index in [0.29, 0.717) is 5.92 Å².